The van der Waals surface area contributed by atoms with E-state index in [0.717, 1.165) is 6.07 Å². The quantitative estimate of drug-likeness (QED) is 0.568. The maximum absolute atomic E-state index is 11.3. The molecule has 6 heteroatoms. The number of ether oxygens (including phenoxy) is 2. The van der Waals surface area contributed by atoms with Gasteiger partial charge in [-0.3, -0.25) is 4.79 Å². The van der Waals surface area contributed by atoms with Gasteiger partial charge in [-0.2, -0.15) is 0 Å². The van der Waals surface area contributed by atoms with Gasteiger partial charge in [-0.25, -0.2) is 4.79 Å². The number of rotatable bonds is 2. The lowest BCUT2D eigenvalue weighted by Crippen LogP contribution is -2.00. The van der Waals surface area contributed by atoms with Crippen molar-refractivity contribution < 1.29 is 29.3 Å². The highest BCUT2D eigenvalue weighted by Crippen LogP contribution is 2.42. The van der Waals surface area contributed by atoms with Crippen LogP contribution < -0.4 is 0 Å². The Bertz CT molecular complexity index is 479. The number of carbonyl (C=O) groups excluding carboxylic acids is 2. The summed E-state index contributed by atoms with van der Waals surface area (Å²) < 4.78 is 9.60. The molecule has 1 heterocycles. The minimum Gasteiger partial charge on any atom is -0.507 e. The molecule has 1 unspecified atom stereocenters. The number of carbonyl (C=O) groups is 2. The number of hydrogen-bond donors (Lipinski definition) is 2. The SMILES string of the molecule is COC1OC(=O)c2cc(O)c(C=O)c(O)c21. The Labute approximate surface area is 90.0 Å². The third-order valence-corrected chi connectivity index (χ3v) is 2.36. The van der Waals surface area contributed by atoms with E-state index in [9.17, 15) is 19.8 Å². The third-order valence-electron chi connectivity index (χ3n) is 2.36. The van der Waals surface area contributed by atoms with Crippen LogP contribution in [0.4, 0.5) is 0 Å². The molecule has 0 saturated carbocycles. The van der Waals surface area contributed by atoms with E-state index in [1.54, 1.807) is 0 Å². The van der Waals surface area contributed by atoms with Crippen LogP contribution in [0.5, 0.6) is 11.5 Å². The van der Waals surface area contributed by atoms with E-state index in [4.69, 9.17) is 9.47 Å². The Morgan fingerprint density at radius 3 is 2.75 bits per heavy atom. The van der Waals surface area contributed by atoms with Crippen molar-refractivity contribution in [2.75, 3.05) is 7.11 Å². The van der Waals surface area contributed by atoms with Crippen LogP contribution in [0.15, 0.2) is 6.07 Å². The molecule has 0 saturated heterocycles. The Hall–Kier alpha value is -2.08. The second kappa shape index (κ2) is 3.49. The van der Waals surface area contributed by atoms with Gasteiger partial charge >= 0.3 is 5.97 Å². The molecular formula is C10H8O6. The van der Waals surface area contributed by atoms with Crippen molar-refractivity contribution in [1.82, 2.24) is 0 Å². The maximum atomic E-state index is 11.3. The summed E-state index contributed by atoms with van der Waals surface area (Å²) in [6.07, 6.45) is -0.762. The molecule has 0 aliphatic carbocycles. The van der Waals surface area contributed by atoms with Crippen LogP contribution in [0, 0.1) is 0 Å². The molecule has 0 aromatic heterocycles. The number of aldehydes is 1. The van der Waals surface area contributed by atoms with Crippen LogP contribution >= 0.6 is 0 Å². The number of methoxy groups -OCH3 is 1. The molecule has 2 rings (SSSR count). The average molecular weight is 224 g/mol. The van der Waals surface area contributed by atoms with Gasteiger partial charge in [0, 0.05) is 7.11 Å². The lowest BCUT2D eigenvalue weighted by molar-refractivity contribution is -0.0823. The van der Waals surface area contributed by atoms with Crippen LogP contribution in [0.2, 0.25) is 0 Å². The van der Waals surface area contributed by atoms with Gasteiger partial charge in [0.25, 0.3) is 0 Å². The summed E-state index contributed by atoms with van der Waals surface area (Å²) in [6, 6.07) is 1.07. The Morgan fingerprint density at radius 1 is 1.50 bits per heavy atom. The van der Waals surface area contributed by atoms with Crippen LogP contribution in [-0.4, -0.2) is 29.6 Å². The molecule has 84 valence electrons. The van der Waals surface area contributed by atoms with E-state index in [0.29, 0.717) is 6.29 Å². The summed E-state index contributed by atoms with van der Waals surface area (Å²) >= 11 is 0. The maximum Gasteiger partial charge on any atom is 0.341 e. The molecule has 0 fully saturated rings. The van der Waals surface area contributed by atoms with E-state index in [1.165, 1.54) is 7.11 Å². The molecule has 1 aliphatic heterocycles. The predicted octanol–water partition coefficient (Wildman–Crippen LogP) is 0.726. The first kappa shape index (κ1) is 10.4. The number of fused-ring (bicyclic) bond motifs is 1. The first-order valence-corrected chi connectivity index (χ1v) is 4.38. The first-order chi connectivity index (χ1) is 7.60. The fourth-order valence-corrected chi connectivity index (χ4v) is 1.60. The lowest BCUT2D eigenvalue weighted by Gasteiger charge is -2.10. The molecule has 1 aliphatic rings. The van der Waals surface area contributed by atoms with Crippen molar-refractivity contribution in [3.63, 3.8) is 0 Å². The van der Waals surface area contributed by atoms with Crippen LogP contribution in [-0.2, 0) is 9.47 Å². The number of benzene rings is 1. The second-order valence-electron chi connectivity index (χ2n) is 3.21. The molecule has 0 bridgehead atoms. The minimum absolute atomic E-state index is 0.00699. The molecular weight excluding hydrogens is 216 g/mol. The normalized spacial score (nSPS) is 18.1. The Kier molecular flexibility index (Phi) is 2.28. The molecule has 6 nitrogen and oxygen atoms in total. The fourth-order valence-electron chi connectivity index (χ4n) is 1.60. The first-order valence-electron chi connectivity index (χ1n) is 4.38. The third kappa shape index (κ3) is 1.24. The predicted molar refractivity (Wildman–Crippen MR) is 50.3 cm³/mol. The van der Waals surface area contributed by atoms with E-state index >= 15 is 0 Å². The van der Waals surface area contributed by atoms with Gasteiger partial charge in [0.15, 0.2) is 6.29 Å². The summed E-state index contributed by atoms with van der Waals surface area (Å²) in [4.78, 5) is 22.0. The second-order valence-corrected chi connectivity index (χ2v) is 3.21. The molecule has 0 spiro atoms. The molecule has 0 radical (unpaired) electrons. The number of phenols is 2. The van der Waals surface area contributed by atoms with E-state index in [-0.39, 0.29) is 16.7 Å². The number of cyclic esters (lactones) is 1. The van der Waals surface area contributed by atoms with Gasteiger partial charge in [0.2, 0.25) is 6.29 Å². The van der Waals surface area contributed by atoms with Gasteiger partial charge in [0.05, 0.1) is 16.7 Å². The number of hydrogen-bond acceptors (Lipinski definition) is 6. The average Bonchev–Trinajstić information content (AvgIpc) is 2.56. The standard InChI is InChI=1S/C10H8O6/c1-15-10-7-4(9(14)16-10)2-6(12)5(3-11)8(7)13/h2-3,10,12-13H,1H3. The van der Waals surface area contributed by atoms with Crippen molar-refractivity contribution in [2.45, 2.75) is 6.29 Å². The summed E-state index contributed by atoms with van der Waals surface area (Å²) in [5.41, 5.74) is -0.237. The lowest BCUT2D eigenvalue weighted by atomic mass is 10.0. The number of esters is 1. The number of aromatic hydroxyl groups is 2. The molecule has 1 atom stereocenters. The molecule has 2 N–H and O–H groups in total. The smallest absolute Gasteiger partial charge is 0.341 e. The summed E-state index contributed by atoms with van der Waals surface area (Å²) in [5.74, 6) is -1.69. The van der Waals surface area contributed by atoms with Crippen LogP contribution in [0.1, 0.15) is 32.6 Å². The van der Waals surface area contributed by atoms with E-state index in [2.05, 4.69) is 0 Å². The Morgan fingerprint density at radius 2 is 2.19 bits per heavy atom. The molecule has 0 amide bonds. The summed E-state index contributed by atoms with van der Waals surface area (Å²) in [6.45, 7) is 0. The van der Waals surface area contributed by atoms with Crippen molar-refractivity contribution in [3.05, 3.63) is 22.8 Å². The summed E-state index contributed by atoms with van der Waals surface area (Å²) in [5, 5.41) is 19.1. The van der Waals surface area contributed by atoms with Crippen molar-refractivity contribution in [1.29, 1.82) is 0 Å². The van der Waals surface area contributed by atoms with Gasteiger partial charge in [0.1, 0.15) is 11.5 Å². The van der Waals surface area contributed by atoms with Crippen LogP contribution in [0.3, 0.4) is 0 Å². The highest BCUT2D eigenvalue weighted by molar-refractivity contribution is 5.98. The monoisotopic (exact) mass is 224 g/mol. The zero-order valence-corrected chi connectivity index (χ0v) is 8.26. The fraction of sp³-hybridized carbons (Fsp3) is 0.200. The molecule has 16 heavy (non-hydrogen) atoms. The van der Waals surface area contributed by atoms with Gasteiger partial charge < -0.3 is 19.7 Å². The summed E-state index contributed by atoms with van der Waals surface area (Å²) in [7, 11) is 1.29. The minimum atomic E-state index is -1.05. The number of phenolic OH excluding ortho intramolecular Hbond substituents is 2. The highest BCUT2D eigenvalue weighted by Gasteiger charge is 2.36. The van der Waals surface area contributed by atoms with Gasteiger partial charge in [-0.1, -0.05) is 0 Å². The van der Waals surface area contributed by atoms with E-state index < -0.39 is 23.8 Å². The zero-order chi connectivity index (χ0) is 11.9. The van der Waals surface area contributed by atoms with Crippen molar-refractivity contribution in [3.8, 4) is 11.5 Å². The van der Waals surface area contributed by atoms with E-state index in [1.807, 2.05) is 0 Å². The topological polar surface area (TPSA) is 93.1 Å². The van der Waals surface area contributed by atoms with Gasteiger partial charge in [-0.15, -0.1) is 0 Å². The highest BCUT2D eigenvalue weighted by atomic mass is 16.7. The molecule has 1 aromatic rings. The van der Waals surface area contributed by atoms with Crippen molar-refractivity contribution in [2.24, 2.45) is 0 Å². The molecule has 1 aromatic carbocycles. The largest absolute Gasteiger partial charge is 0.507 e. The Balaban J connectivity index is 2.72. The zero-order valence-electron chi connectivity index (χ0n) is 8.26. The van der Waals surface area contributed by atoms with Crippen LogP contribution in [0.25, 0.3) is 0 Å². The van der Waals surface area contributed by atoms with Crippen molar-refractivity contribution >= 4 is 12.3 Å². The van der Waals surface area contributed by atoms with Gasteiger partial charge in [-0.05, 0) is 6.07 Å².